The molecule has 0 saturated carbocycles. The standard InChI is InChI=1S/C9H20S/c1-5-6-7-8-10-9(2,3)4/h5-8H2,1-4H3. The largest absolute Gasteiger partial charge is 0.156 e. The van der Waals surface area contributed by atoms with Crippen molar-refractivity contribution in [1.82, 2.24) is 0 Å². The first kappa shape index (κ1) is 10.3. The third-order valence-electron chi connectivity index (χ3n) is 1.28. The van der Waals surface area contributed by atoms with Crippen LogP contribution in [0.2, 0.25) is 0 Å². The highest BCUT2D eigenvalue weighted by Crippen LogP contribution is 2.24. The van der Waals surface area contributed by atoms with Crippen LogP contribution in [0.1, 0.15) is 47.0 Å². The van der Waals surface area contributed by atoms with E-state index in [4.69, 9.17) is 0 Å². The summed E-state index contributed by atoms with van der Waals surface area (Å²) in [5.41, 5.74) is 0. The molecule has 0 aromatic heterocycles. The van der Waals surface area contributed by atoms with Gasteiger partial charge < -0.3 is 0 Å². The fraction of sp³-hybridized carbons (Fsp3) is 1.00. The van der Waals surface area contributed by atoms with E-state index in [1.54, 1.807) is 0 Å². The molecule has 0 aliphatic rings. The molecule has 1 heteroatoms. The van der Waals surface area contributed by atoms with Crippen LogP contribution in [0.25, 0.3) is 0 Å². The lowest BCUT2D eigenvalue weighted by molar-refractivity contribution is 0.762. The van der Waals surface area contributed by atoms with Gasteiger partial charge in [0.05, 0.1) is 0 Å². The van der Waals surface area contributed by atoms with Gasteiger partial charge >= 0.3 is 0 Å². The second-order valence-electron chi connectivity index (χ2n) is 3.67. The Morgan fingerprint density at radius 1 is 1.10 bits per heavy atom. The van der Waals surface area contributed by atoms with Gasteiger partial charge in [-0.1, -0.05) is 40.5 Å². The van der Waals surface area contributed by atoms with Crippen LogP contribution in [0.4, 0.5) is 0 Å². The Morgan fingerprint density at radius 3 is 2.10 bits per heavy atom. The van der Waals surface area contributed by atoms with Crippen molar-refractivity contribution in [2.75, 3.05) is 5.75 Å². The zero-order valence-electron chi connectivity index (χ0n) is 7.74. The maximum Gasteiger partial charge on any atom is 0.00750 e. The minimum atomic E-state index is 0.466. The zero-order chi connectivity index (χ0) is 8.04. The number of unbranched alkanes of at least 4 members (excludes halogenated alkanes) is 2. The van der Waals surface area contributed by atoms with Gasteiger partial charge in [-0.2, -0.15) is 11.8 Å². The van der Waals surface area contributed by atoms with Crippen molar-refractivity contribution in [1.29, 1.82) is 0 Å². The lowest BCUT2D eigenvalue weighted by Gasteiger charge is -2.16. The SMILES string of the molecule is CCCCCSC(C)(C)C. The van der Waals surface area contributed by atoms with Crippen LogP contribution in [0.15, 0.2) is 0 Å². The summed E-state index contributed by atoms with van der Waals surface area (Å²) in [4.78, 5) is 0. The summed E-state index contributed by atoms with van der Waals surface area (Å²) in [5, 5.41) is 0. The van der Waals surface area contributed by atoms with Crippen molar-refractivity contribution >= 4 is 11.8 Å². The summed E-state index contributed by atoms with van der Waals surface area (Å²) >= 11 is 2.07. The molecule has 0 unspecified atom stereocenters. The summed E-state index contributed by atoms with van der Waals surface area (Å²) < 4.78 is 0.466. The van der Waals surface area contributed by atoms with E-state index in [1.807, 2.05) is 0 Å². The molecule has 0 N–H and O–H groups in total. The van der Waals surface area contributed by atoms with Crippen molar-refractivity contribution in [3.05, 3.63) is 0 Å². The van der Waals surface area contributed by atoms with Gasteiger partial charge in [-0.3, -0.25) is 0 Å². The average molecular weight is 160 g/mol. The van der Waals surface area contributed by atoms with Crippen LogP contribution < -0.4 is 0 Å². The van der Waals surface area contributed by atoms with Gasteiger partial charge in [0.1, 0.15) is 0 Å². The molecule has 0 saturated heterocycles. The van der Waals surface area contributed by atoms with Crippen molar-refractivity contribution in [2.24, 2.45) is 0 Å². The number of hydrogen-bond donors (Lipinski definition) is 0. The fourth-order valence-corrected chi connectivity index (χ4v) is 1.69. The first-order valence-electron chi connectivity index (χ1n) is 4.20. The molecule has 62 valence electrons. The molecule has 10 heavy (non-hydrogen) atoms. The maximum atomic E-state index is 2.28. The molecule has 0 aliphatic heterocycles. The molecule has 0 nitrogen and oxygen atoms in total. The Balaban J connectivity index is 3.04. The van der Waals surface area contributed by atoms with Gasteiger partial charge in [0.2, 0.25) is 0 Å². The van der Waals surface area contributed by atoms with Gasteiger partial charge in [-0.05, 0) is 12.2 Å². The summed E-state index contributed by atoms with van der Waals surface area (Å²) in [6.45, 7) is 9.10. The van der Waals surface area contributed by atoms with E-state index >= 15 is 0 Å². The molecular weight excluding hydrogens is 140 g/mol. The maximum absolute atomic E-state index is 2.28. The second-order valence-corrected chi connectivity index (χ2v) is 5.59. The minimum absolute atomic E-state index is 0.466. The van der Waals surface area contributed by atoms with Crippen LogP contribution in [0, 0.1) is 0 Å². The minimum Gasteiger partial charge on any atom is -0.156 e. The van der Waals surface area contributed by atoms with E-state index in [0.717, 1.165) is 0 Å². The van der Waals surface area contributed by atoms with Gasteiger partial charge in [-0.25, -0.2) is 0 Å². The molecule has 0 aromatic carbocycles. The van der Waals surface area contributed by atoms with E-state index < -0.39 is 0 Å². The zero-order valence-corrected chi connectivity index (χ0v) is 8.55. The number of rotatable bonds is 4. The molecule has 0 bridgehead atoms. The monoisotopic (exact) mass is 160 g/mol. The number of hydrogen-bond acceptors (Lipinski definition) is 1. The van der Waals surface area contributed by atoms with Crippen molar-refractivity contribution in [2.45, 2.75) is 51.7 Å². The highest BCUT2D eigenvalue weighted by molar-refractivity contribution is 8.00. The summed E-state index contributed by atoms with van der Waals surface area (Å²) in [5.74, 6) is 1.33. The van der Waals surface area contributed by atoms with Gasteiger partial charge in [-0.15, -0.1) is 0 Å². The fourth-order valence-electron chi connectivity index (χ4n) is 0.730. The predicted octanol–water partition coefficient (Wildman–Crippen LogP) is 3.71. The molecule has 0 amide bonds. The Bertz CT molecular complexity index is 71.3. The van der Waals surface area contributed by atoms with E-state index in [1.165, 1.54) is 25.0 Å². The smallest absolute Gasteiger partial charge is 0.00750 e. The third kappa shape index (κ3) is 8.35. The molecule has 0 radical (unpaired) electrons. The normalized spacial score (nSPS) is 12.0. The van der Waals surface area contributed by atoms with Crippen LogP contribution in [0.5, 0.6) is 0 Å². The molecule has 0 heterocycles. The van der Waals surface area contributed by atoms with Crippen molar-refractivity contribution < 1.29 is 0 Å². The van der Waals surface area contributed by atoms with Crippen LogP contribution in [-0.4, -0.2) is 10.5 Å². The quantitative estimate of drug-likeness (QED) is 0.565. The molecule has 0 aromatic rings. The first-order valence-corrected chi connectivity index (χ1v) is 5.19. The Hall–Kier alpha value is 0.350. The highest BCUT2D eigenvalue weighted by atomic mass is 32.2. The first-order chi connectivity index (χ1) is 4.56. The van der Waals surface area contributed by atoms with Crippen LogP contribution in [-0.2, 0) is 0 Å². The lowest BCUT2D eigenvalue weighted by Crippen LogP contribution is -2.07. The molecule has 0 rings (SSSR count). The van der Waals surface area contributed by atoms with E-state index in [-0.39, 0.29) is 0 Å². The Morgan fingerprint density at radius 2 is 1.70 bits per heavy atom. The van der Waals surface area contributed by atoms with E-state index in [0.29, 0.717) is 4.75 Å². The third-order valence-corrected chi connectivity index (χ3v) is 2.64. The lowest BCUT2D eigenvalue weighted by atomic mass is 10.3. The van der Waals surface area contributed by atoms with Crippen molar-refractivity contribution in [3.63, 3.8) is 0 Å². The Labute approximate surface area is 69.8 Å². The van der Waals surface area contributed by atoms with Crippen LogP contribution in [0.3, 0.4) is 0 Å². The second kappa shape index (κ2) is 5.06. The molecule has 0 aliphatic carbocycles. The van der Waals surface area contributed by atoms with Gasteiger partial charge in [0.15, 0.2) is 0 Å². The molecule has 0 spiro atoms. The molecular formula is C9H20S. The average Bonchev–Trinajstić information content (AvgIpc) is 1.78. The topological polar surface area (TPSA) is 0 Å². The van der Waals surface area contributed by atoms with E-state index in [2.05, 4.69) is 39.5 Å². The van der Waals surface area contributed by atoms with Gasteiger partial charge in [0.25, 0.3) is 0 Å². The van der Waals surface area contributed by atoms with Gasteiger partial charge in [0, 0.05) is 4.75 Å². The molecule has 0 fully saturated rings. The summed E-state index contributed by atoms with van der Waals surface area (Å²) in [7, 11) is 0. The van der Waals surface area contributed by atoms with E-state index in [9.17, 15) is 0 Å². The van der Waals surface area contributed by atoms with Crippen LogP contribution >= 0.6 is 11.8 Å². The predicted molar refractivity (Wildman–Crippen MR) is 51.7 cm³/mol. The number of thioether (sulfide) groups is 1. The Kier molecular flexibility index (Phi) is 5.24. The summed E-state index contributed by atoms with van der Waals surface area (Å²) in [6.07, 6.45) is 4.12. The highest BCUT2D eigenvalue weighted by Gasteiger charge is 2.08. The summed E-state index contributed by atoms with van der Waals surface area (Å²) in [6, 6.07) is 0. The van der Waals surface area contributed by atoms with Crippen molar-refractivity contribution in [3.8, 4) is 0 Å². The molecule has 0 atom stereocenters.